The maximum Gasteiger partial charge on any atom is 0.264 e. The average molecular weight is 378 g/mol. The first kappa shape index (κ1) is 18.9. The number of thiophene rings is 1. The van der Waals surface area contributed by atoms with E-state index in [0.29, 0.717) is 36.7 Å². The van der Waals surface area contributed by atoms with Crippen molar-refractivity contribution < 1.29 is 14.4 Å². The molecule has 2 saturated heterocycles. The molecule has 0 aliphatic carbocycles. The van der Waals surface area contributed by atoms with Crippen LogP contribution in [-0.4, -0.2) is 58.7 Å². The first-order chi connectivity index (χ1) is 12.3. The Labute approximate surface area is 158 Å². The Morgan fingerprint density at radius 3 is 2.62 bits per heavy atom. The third-order valence-corrected chi connectivity index (χ3v) is 6.07. The molecule has 1 N–H and O–H groups in total. The largest absolute Gasteiger partial charge is 0.352 e. The number of fused-ring (bicyclic) bond motifs is 1. The van der Waals surface area contributed by atoms with Crippen LogP contribution in [0.2, 0.25) is 0 Å². The van der Waals surface area contributed by atoms with Crippen molar-refractivity contribution in [1.29, 1.82) is 0 Å². The molecule has 2 aliphatic rings. The lowest BCUT2D eigenvalue weighted by atomic mass is 9.97. The summed E-state index contributed by atoms with van der Waals surface area (Å²) >= 11 is 1.47. The van der Waals surface area contributed by atoms with Gasteiger partial charge in [0, 0.05) is 30.9 Å². The molecule has 3 atom stereocenters. The van der Waals surface area contributed by atoms with Gasteiger partial charge in [0.25, 0.3) is 5.91 Å². The molecule has 0 aromatic carbocycles. The zero-order valence-corrected chi connectivity index (χ0v) is 16.6. The molecule has 2 fully saturated rings. The Morgan fingerprint density at radius 1 is 1.31 bits per heavy atom. The molecule has 2 aliphatic heterocycles. The summed E-state index contributed by atoms with van der Waals surface area (Å²) in [6.07, 6.45) is 1.36. The minimum absolute atomic E-state index is 0.0180. The van der Waals surface area contributed by atoms with E-state index in [1.807, 2.05) is 24.0 Å². The number of nitrogens with zero attached hydrogens (tertiary/aromatic N) is 2. The van der Waals surface area contributed by atoms with Crippen LogP contribution in [0.15, 0.2) is 12.1 Å². The Bertz CT molecular complexity index is 715. The molecule has 0 saturated carbocycles. The Kier molecular flexibility index (Phi) is 5.37. The smallest absolute Gasteiger partial charge is 0.264 e. The van der Waals surface area contributed by atoms with E-state index in [9.17, 15) is 14.4 Å². The second-order valence-corrected chi connectivity index (χ2v) is 9.08. The summed E-state index contributed by atoms with van der Waals surface area (Å²) in [6, 6.07) is 3.32. The van der Waals surface area contributed by atoms with Gasteiger partial charge < -0.3 is 15.1 Å². The summed E-state index contributed by atoms with van der Waals surface area (Å²) in [5.41, 5.74) is 0. The van der Waals surface area contributed by atoms with Crippen LogP contribution < -0.4 is 5.32 Å². The highest BCUT2D eigenvalue weighted by molar-refractivity contribution is 7.13. The van der Waals surface area contributed by atoms with Crippen LogP contribution in [0.5, 0.6) is 0 Å². The molecule has 142 valence electrons. The number of carbonyl (C=O) groups is 3. The first-order valence-corrected chi connectivity index (χ1v) is 10.0. The van der Waals surface area contributed by atoms with Gasteiger partial charge >= 0.3 is 0 Å². The van der Waals surface area contributed by atoms with Crippen LogP contribution in [0.4, 0.5) is 0 Å². The highest BCUT2D eigenvalue weighted by atomic mass is 32.1. The fourth-order valence-corrected chi connectivity index (χ4v) is 4.84. The van der Waals surface area contributed by atoms with Crippen LogP contribution in [0, 0.1) is 12.8 Å². The molecule has 0 spiro atoms. The number of nitrogens with one attached hydrogen (secondary N) is 1. The van der Waals surface area contributed by atoms with Gasteiger partial charge in [-0.15, -0.1) is 11.3 Å². The van der Waals surface area contributed by atoms with E-state index in [2.05, 4.69) is 19.2 Å². The Balaban J connectivity index is 1.84. The van der Waals surface area contributed by atoms with Crippen LogP contribution in [0.3, 0.4) is 0 Å². The van der Waals surface area contributed by atoms with Gasteiger partial charge in [-0.1, -0.05) is 13.8 Å². The van der Waals surface area contributed by atoms with Gasteiger partial charge in [0.15, 0.2) is 0 Å². The summed E-state index contributed by atoms with van der Waals surface area (Å²) in [4.78, 5) is 43.0. The molecular formula is C19H27N3O3S. The number of hydrogen-bond donors (Lipinski definition) is 1. The van der Waals surface area contributed by atoms with Crippen molar-refractivity contribution in [3.05, 3.63) is 21.9 Å². The van der Waals surface area contributed by atoms with E-state index in [1.54, 1.807) is 4.90 Å². The summed E-state index contributed by atoms with van der Waals surface area (Å²) in [7, 11) is 0. The second-order valence-electron chi connectivity index (χ2n) is 7.79. The van der Waals surface area contributed by atoms with E-state index in [4.69, 9.17) is 0 Å². The maximum atomic E-state index is 13.1. The summed E-state index contributed by atoms with van der Waals surface area (Å²) in [5, 5.41) is 2.92. The quantitative estimate of drug-likeness (QED) is 0.873. The lowest BCUT2D eigenvalue weighted by molar-refractivity contribution is -0.142. The molecule has 26 heavy (non-hydrogen) atoms. The van der Waals surface area contributed by atoms with Gasteiger partial charge in [-0.2, -0.15) is 0 Å². The fourth-order valence-electron chi connectivity index (χ4n) is 4.02. The number of aryl methyl sites for hydroxylation is 1. The predicted molar refractivity (Wildman–Crippen MR) is 101 cm³/mol. The minimum atomic E-state index is -0.419. The maximum absolute atomic E-state index is 13.1. The van der Waals surface area contributed by atoms with Crippen molar-refractivity contribution in [3.63, 3.8) is 0 Å². The van der Waals surface area contributed by atoms with Gasteiger partial charge in [0.2, 0.25) is 11.8 Å². The number of carbonyl (C=O) groups excluding carboxylic acids is 3. The predicted octanol–water partition coefficient (Wildman–Crippen LogP) is 2.03. The highest BCUT2D eigenvalue weighted by Gasteiger charge is 2.47. The zero-order chi connectivity index (χ0) is 19.0. The lowest BCUT2D eigenvalue weighted by Gasteiger charge is -2.43. The molecule has 6 nitrogen and oxygen atoms in total. The Hall–Kier alpha value is -1.89. The Morgan fingerprint density at radius 2 is 2.04 bits per heavy atom. The summed E-state index contributed by atoms with van der Waals surface area (Å²) in [5.74, 6) is 0.201. The van der Waals surface area contributed by atoms with Gasteiger partial charge in [-0.3, -0.25) is 14.4 Å². The summed E-state index contributed by atoms with van der Waals surface area (Å²) < 4.78 is 0. The normalized spacial score (nSPS) is 25.6. The number of hydrogen-bond acceptors (Lipinski definition) is 4. The summed E-state index contributed by atoms with van der Waals surface area (Å²) in [6.45, 7) is 8.69. The number of piperazine rings is 1. The van der Waals surface area contributed by atoms with Crippen molar-refractivity contribution in [2.24, 2.45) is 5.92 Å². The third kappa shape index (κ3) is 3.77. The number of amides is 3. The van der Waals surface area contributed by atoms with E-state index >= 15 is 0 Å². The first-order valence-electron chi connectivity index (χ1n) is 9.21. The van der Waals surface area contributed by atoms with Gasteiger partial charge in [0.1, 0.15) is 6.04 Å². The van der Waals surface area contributed by atoms with Gasteiger partial charge in [-0.05, 0) is 37.8 Å². The molecule has 1 aromatic rings. The molecule has 3 heterocycles. The molecule has 0 unspecified atom stereocenters. The van der Waals surface area contributed by atoms with Crippen LogP contribution in [0.1, 0.15) is 48.2 Å². The van der Waals surface area contributed by atoms with E-state index < -0.39 is 6.04 Å². The standard InChI is InChI=1S/C19H27N3O3S/c1-11(2)7-16-18(24)21-9-14(20-13(4)23)8-15(21)10-22(16)19(25)17-6-5-12(3)26-17/h5-6,11,14-16H,7-10H2,1-4H3,(H,20,23)/t14-,15-,16-/m0/s1. The molecule has 3 amide bonds. The topological polar surface area (TPSA) is 69.7 Å². The minimum Gasteiger partial charge on any atom is -0.352 e. The molecule has 0 bridgehead atoms. The van der Waals surface area contributed by atoms with Crippen molar-refractivity contribution in [3.8, 4) is 0 Å². The van der Waals surface area contributed by atoms with Gasteiger partial charge in [-0.25, -0.2) is 0 Å². The van der Waals surface area contributed by atoms with Gasteiger partial charge in [0.05, 0.1) is 10.9 Å². The monoisotopic (exact) mass is 377 g/mol. The zero-order valence-electron chi connectivity index (χ0n) is 15.8. The van der Waals surface area contributed by atoms with Crippen molar-refractivity contribution in [1.82, 2.24) is 15.1 Å². The van der Waals surface area contributed by atoms with Crippen molar-refractivity contribution in [2.75, 3.05) is 13.1 Å². The SMILES string of the molecule is CC(=O)N[C@H]1C[C@H]2CN(C(=O)c3ccc(C)s3)[C@@H](CC(C)C)C(=O)N2C1. The van der Waals surface area contributed by atoms with E-state index in [-0.39, 0.29) is 29.8 Å². The van der Waals surface area contributed by atoms with E-state index in [0.717, 1.165) is 4.88 Å². The molecule has 1 aromatic heterocycles. The molecule has 7 heteroatoms. The van der Waals surface area contributed by atoms with Crippen molar-refractivity contribution >= 4 is 29.1 Å². The fraction of sp³-hybridized carbons (Fsp3) is 0.632. The van der Waals surface area contributed by atoms with Crippen LogP contribution in [0.25, 0.3) is 0 Å². The van der Waals surface area contributed by atoms with Crippen molar-refractivity contribution in [2.45, 2.75) is 58.7 Å². The lowest BCUT2D eigenvalue weighted by Crippen LogP contribution is -2.61. The molecule has 0 radical (unpaired) electrons. The third-order valence-electron chi connectivity index (χ3n) is 5.08. The van der Waals surface area contributed by atoms with E-state index in [1.165, 1.54) is 18.3 Å². The second kappa shape index (κ2) is 7.39. The molecule has 3 rings (SSSR count). The highest BCUT2D eigenvalue weighted by Crippen LogP contribution is 2.31. The van der Waals surface area contributed by atoms with Crippen LogP contribution in [-0.2, 0) is 9.59 Å². The van der Waals surface area contributed by atoms with Crippen LogP contribution >= 0.6 is 11.3 Å². The average Bonchev–Trinajstić information content (AvgIpc) is 3.14. The molecular weight excluding hydrogens is 350 g/mol. The number of rotatable bonds is 4.